The van der Waals surface area contributed by atoms with Crippen LogP contribution in [-0.4, -0.2) is 81.7 Å². The summed E-state index contributed by atoms with van der Waals surface area (Å²) in [5, 5.41) is 6.30. The Morgan fingerprint density at radius 1 is 0.930 bits per heavy atom. The predicted molar refractivity (Wildman–Crippen MR) is 219 cm³/mol. The molecule has 4 amide bonds. The zero-order chi connectivity index (χ0) is 41.7. The van der Waals surface area contributed by atoms with E-state index in [4.69, 9.17) is 25.8 Å². The molecule has 0 bridgehead atoms. The summed E-state index contributed by atoms with van der Waals surface area (Å²) in [6.45, 7) is 13.5. The van der Waals surface area contributed by atoms with Crippen LogP contribution in [-0.2, 0) is 27.4 Å². The number of carbonyl (C=O) groups is 4. The molecule has 302 valence electrons. The van der Waals surface area contributed by atoms with Gasteiger partial charge >= 0.3 is 12.2 Å². The Labute approximate surface area is 339 Å². The minimum absolute atomic E-state index is 0.0356. The van der Waals surface area contributed by atoms with Gasteiger partial charge in [-0.3, -0.25) is 19.6 Å². The molecule has 0 aliphatic carbocycles. The molecular weight excluding hydrogens is 748 g/mol. The van der Waals surface area contributed by atoms with Crippen molar-refractivity contribution in [1.29, 1.82) is 0 Å². The van der Waals surface area contributed by atoms with E-state index in [2.05, 4.69) is 20.6 Å². The summed E-state index contributed by atoms with van der Waals surface area (Å²) in [6, 6.07) is 16.1. The van der Waals surface area contributed by atoms with Gasteiger partial charge < -0.3 is 34.6 Å². The lowest BCUT2D eigenvalue weighted by atomic mass is 9.97. The molecule has 57 heavy (non-hydrogen) atoms. The second kappa shape index (κ2) is 17.6. The minimum Gasteiger partial charge on any atom is -0.496 e. The number of aromatic nitrogens is 2. The number of ether oxygens (including phenoxy) is 3. The van der Waals surface area contributed by atoms with E-state index < -0.39 is 29.3 Å². The highest BCUT2D eigenvalue weighted by molar-refractivity contribution is 6.35. The highest BCUT2D eigenvalue weighted by Gasteiger charge is 2.29. The smallest absolute Gasteiger partial charge is 0.410 e. The lowest BCUT2D eigenvalue weighted by Crippen LogP contribution is -2.43. The molecule has 0 spiro atoms. The number of rotatable bonds is 11. The number of amides is 4. The molecule has 2 N–H and O–H groups in total. The Balaban J connectivity index is 1.34. The van der Waals surface area contributed by atoms with Gasteiger partial charge in [0.05, 0.1) is 30.9 Å². The molecule has 14 heteroatoms. The summed E-state index contributed by atoms with van der Waals surface area (Å²) >= 11 is 7.10. The van der Waals surface area contributed by atoms with E-state index in [9.17, 15) is 19.2 Å². The molecule has 3 heterocycles. The van der Waals surface area contributed by atoms with Crippen molar-refractivity contribution in [2.45, 2.75) is 91.6 Å². The Morgan fingerprint density at radius 2 is 1.65 bits per heavy atom. The summed E-state index contributed by atoms with van der Waals surface area (Å²) in [5.74, 6) is 0.0955. The molecule has 5 rings (SSSR count). The Bertz CT molecular complexity index is 2130. The van der Waals surface area contributed by atoms with Gasteiger partial charge in [0.2, 0.25) is 5.91 Å². The minimum atomic E-state index is -0.701. The van der Waals surface area contributed by atoms with Crippen LogP contribution >= 0.6 is 11.6 Å². The highest BCUT2D eigenvalue weighted by Crippen LogP contribution is 2.39. The summed E-state index contributed by atoms with van der Waals surface area (Å²) in [6.07, 6.45) is 3.34. The summed E-state index contributed by atoms with van der Waals surface area (Å²) in [4.78, 5) is 62.9. The van der Waals surface area contributed by atoms with Crippen LogP contribution in [0.15, 0.2) is 67.0 Å². The monoisotopic (exact) mass is 798 g/mol. The fourth-order valence-corrected chi connectivity index (χ4v) is 6.59. The number of carbonyl (C=O) groups excluding carboxylic acids is 4. The van der Waals surface area contributed by atoms with Crippen LogP contribution in [0, 0.1) is 6.92 Å². The molecule has 0 unspecified atom stereocenters. The molecule has 1 saturated heterocycles. The summed E-state index contributed by atoms with van der Waals surface area (Å²) < 4.78 is 16.9. The molecule has 1 aliphatic rings. The third-order valence-electron chi connectivity index (χ3n) is 9.04. The number of hydrogen-bond acceptors (Lipinski definition) is 9. The number of methoxy groups -OCH3 is 1. The number of halogens is 1. The van der Waals surface area contributed by atoms with Gasteiger partial charge in [0.25, 0.3) is 5.91 Å². The van der Waals surface area contributed by atoms with Crippen LogP contribution in [0.3, 0.4) is 0 Å². The largest absolute Gasteiger partial charge is 0.496 e. The van der Waals surface area contributed by atoms with Gasteiger partial charge in [-0.1, -0.05) is 41.9 Å². The maximum Gasteiger partial charge on any atom is 0.410 e. The van der Waals surface area contributed by atoms with Crippen molar-refractivity contribution < 1.29 is 33.4 Å². The standard InChI is InChI=1S/C43H51ClN6O7/c1-26-31(11-10-12-33(26)48-39(52)34-17-13-27(22-46-34)23-49(8)40(53)56-42(2,3)4)32-19-20-45-38(37(32)44)28-14-15-29(35(21-28)55-9)24-50(41(54)57-43(5,6)7)25-30-16-18-36(51)47-30/h10-15,17,19-22,30H,16,18,23-25H2,1-9H3,(H,47,51)(H,48,52)/t30-/m0/s1. The molecule has 1 aliphatic heterocycles. The molecular formula is C43H51ClN6O7. The SMILES string of the molecule is COc1cc(-c2nccc(-c3cccc(NC(=O)c4ccc(CN(C)C(=O)OC(C)(C)C)cn4)c3C)c2Cl)ccc1CN(C[C@@H]1CCC(=O)N1)C(=O)OC(C)(C)C. The molecule has 0 radical (unpaired) electrons. The van der Waals surface area contributed by atoms with E-state index in [0.717, 1.165) is 22.3 Å². The number of nitrogens with zero attached hydrogens (tertiary/aromatic N) is 4. The van der Waals surface area contributed by atoms with Crippen molar-refractivity contribution >= 4 is 41.3 Å². The number of anilines is 1. The Kier molecular flexibility index (Phi) is 13.1. The Hall–Kier alpha value is -5.69. The quantitative estimate of drug-likeness (QED) is 0.152. The first kappa shape index (κ1) is 42.5. The van der Waals surface area contributed by atoms with Gasteiger partial charge in [0, 0.05) is 60.8 Å². The highest BCUT2D eigenvalue weighted by atomic mass is 35.5. The molecule has 0 saturated carbocycles. The third kappa shape index (κ3) is 11.2. The fourth-order valence-electron chi connectivity index (χ4n) is 6.27. The van der Waals surface area contributed by atoms with Crippen LogP contribution in [0.4, 0.5) is 15.3 Å². The predicted octanol–water partition coefficient (Wildman–Crippen LogP) is 8.42. The summed E-state index contributed by atoms with van der Waals surface area (Å²) in [5.41, 5.74) is 4.48. The lowest BCUT2D eigenvalue weighted by Gasteiger charge is -2.29. The number of hydrogen-bond donors (Lipinski definition) is 2. The van der Waals surface area contributed by atoms with Gasteiger partial charge in [-0.25, -0.2) is 9.59 Å². The van der Waals surface area contributed by atoms with Crippen molar-refractivity contribution in [1.82, 2.24) is 25.1 Å². The zero-order valence-corrected chi connectivity index (χ0v) is 34.7. The van der Waals surface area contributed by atoms with Gasteiger partial charge in [0.15, 0.2) is 0 Å². The number of nitrogens with one attached hydrogen (secondary N) is 2. The first-order valence-electron chi connectivity index (χ1n) is 18.7. The molecule has 2 aromatic heterocycles. The van der Waals surface area contributed by atoms with Gasteiger partial charge in [-0.05, 0) is 95.8 Å². The van der Waals surface area contributed by atoms with Crippen molar-refractivity contribution in [3.8, 4) is 28.1 Å². The van der Waals surface area contributed by atoms with Crippen LogP contribution in [0.5, 0.6) is 5.75 Å². The zero-order valence-electron chi connectivity index (χ0n) is 34.0. The van der Waals surface area contributed by atoms with Gasteiger partial charge in [0.1, 0.15) is 22.6 Å². The van der Waals surface area contributed by atoms with Crippen LogP contribution in [0.25, 0.3) is 22.4 Å². The number of pyridine rings is 2. The topological polar surface area (TPSA) is 152 Å². The van der Waals surface area contributed by atoms with E-state index in [0.29, 0.717) is 46.1 Å². The van der Waals surface area contributed by atoms with Crippen LogP contribution < -0.4 is 15.4 Å². The normalized spacial score (nSPS) is 14.1. The van der Waals surface area contributed by atoms with E-state index in [1.807, 2.05) is 70.2 Å². The van der Waals surface area contributed by atoms with Crippen molar-refractivity contribution in [2.75, 3.05) is 26.0 Å². The first-order valence-corrected chi connectivity index (χ1v) is 19.1. The average molecular weight is 799 g/mol. The second-order valence-electron chi connectivity index (χ2n) is 16.0. The number of benzene rings is 2. The van der Waals surface area contributed by atoms with Crippen LogP contribution in [0.2, 0.25) is 5.02 Å². The van der Waals surface area contributed by atoms with E-state index in [1.165, 1.54) is 4.90 Å². The van der Waals surface area contributed by atoms with Crippen molar-refractivity contribution in [2.24, 2.45) is 0 Å². The molecule has 4 aromatic rings. The fraction of sp³-hybridized carbons (Fsp3) is 0.395. The summed E-state index contributed by atoms with van der Waals surface area (Å²) in [7, 11) is 3.20. The van der Waals surface area contributed by atoms with Gasteiger partial charge in [-0.2, -0.15) is 0 Å². The van der Waals surface area contributed by atoms with Crippen LogP contribution in [0.1, 0.15) is 81.6 Å². The van der Waals surface area contributed by atoms with E-state index in [-0.39, 0.29) is 37.3 Å². The first-order chi connectivity index (χ1) is 26.8. The molecule has 13 nitrogen and oxygen atoms in total. The molecule has 1 atom stereocenters. The van der Waals surface area contributed by atoms with E-state index >= 15 is 0 Å². The maximum absolute atomic E-state index is 13.3. The average Bonchev–Trinajstić information content (AvgIpc) is 3.55. The lowest BCUT2D eigenvalue weighted by molar-refractivity contribution is -0.119. The molecule has 2 aromatic carbocycles. The second-order valence-corrected chi connectivity index (χ2v) is 16.4. The molecule has 1 fully saturated rings. The van der Waals surface area contributed by atoms with Gasteiger partial charge in [-0.15, -0.1) is 0 Å². The van der Waals surface area contributed by atoms with Crippen molar-refractivity contribution in [3.05, 3.63) is 94.4 Å². The maximum atomic E-state index is 13.3. The Morgan fingerprint density at radius 3 is 2.28 bits per heavy atom. The third-order valence-corrected chi connectivity index (χ3v) is 9.43. The van der Waals surface area contributed by atoms with E-state index in [1.54, 1.807) is 64.4 Å². The van der Waals surface area contributed by atoms with Crippen molar-refractivity contribution in [3.63, 3.8) is 0 Å².